The van der Waals surface area contributed by atoms with Gasteiger partial charge in [0, 0.05) is 5.75 Å². The van der Waals surface area contributed by atoms with Gasteiger partial charge in [-0.1, -0.05) is 30.3 Å². The summed E-state index contributed by atoms with van der Waals surface area (Å²) in [5.41, 5.74) is 2.03. The Morgan fingerprint density at radius 3 is 2.73 bits per heavy atom. The third-order valence-corrected chi connectivity index (χ3v) is 5.80. The first kappa shape index (κ1) is 19.1. The summed E-state index contributed by atoms with van der Waals surface area (Å²) in [6.07, 6.45) is 0. The van der Waals surface area contributed by atoms with E-state index in [1.165, 1.54) is 0 Å². The molecule has 2 aromatic rings. The lowest BCUT2D eigenvalue weighted by molar-refractivity contribution is -0.138. The van der Waals surface area contributed by atoms with E-state index in [2.05, 4.69) is 21.2 Å². The van der Waals surface area contributed by atoms with Crippen molar-refractivity contribution in [1.29, 1.82) is 0 Å². The predicted octanol–water partition coefficient (Wildman–Crippen LogP) is 4.22. The van der Waals surface area contributed by atoms with Crippen molar-refractivity contribution >= 4 is 33.7 Å². The first-order chi connectivity index (χ1) is 12.6. The van der Waals surface area contributed by atoms with E-state index >= 15 is 0 Å². The molecule has 0 aromatic heterocycles. The molecule has 0 radical (unpaired) electrons. The number of hydrogen-bond acceptors (Lipinski definition) is 5. The zero-order chi connectivity index (χ0) is 18.5. The van der Waals surface area contributed by atoms with Crippen molar-refractivity contribution in [3.05, 3.63) is 58.1 Å². The van der Waals surface area contributed by atoms with Gasteiger partial charge in [0.05, 0.1) is 16.5 Å². The number of hydrogen-bond donors (Lipinski definition) is 2. The molecule has 2 atom stereocenters. The highest BCUT2D eigenvalue weighted by Crippen LogP contribution is 2.42. The Kier molecular flexibility index (Phi) is 6.45. The Labute approximate surface area is 165 Å². The number of carboxylic acids is 1. The molecule has 1 saturated heterocycles. The Morgan fingerprint density at radius 1 is 1.31 bits per heavy atom. The van der Waals surface area contributed by atoms with Crippen LogP contribution in [0.2, 0.25) is 0 Å². The molecule has 26 heavy (non-hydrogen) atoms. The van der Waals surface area contributed by atoms with Gasteiger partial charge >= 0.3 is 5.97 Å². The molecular formula is C19H20BrNO4S. The van der Waals surface area contributed by atoms with Crippen molar-refractivity contribution in [3.8, 4) is 11.5 Å². The Morgan fingerprint density at radius 2 is 2.08 bits per heavy atom. The van der Waals surface area contributed by atoms with Crippen LogP contribution in [-0.2, 0) is 11.4 Å². The lowest BCUT2D eigenvalue weighted by Gasteiger charge is -2.18. The highest BCUT2D eigenvalue weighted by atomic mass is 79.9. The number of carboxylic acid groups (broad SMARTS) is 1. The molecule has 2 aromatic carbocycles. The average molecular weight is 438 g/mol. The van der Waals surface area contributed by atoms with E-state index in [0.29, 0.717) is 30.5 Å². The van der Waals surface area contributed by atoms with Gasteiger partial charge in [-0.05, 0) is 46.1 Å². The van der Waals surface area contributed by atoms with Crippen LogP contribution in [0.15, 0.2) is 46.9 Å². The minimum absolute atomic E-state index is 0.0882. The summed E-state index contributed by atoms with van der Waals surface area (Å²) < 4.78 is 12.6. The summed E-state index contributed by atoms with van der Waals surface area (Å²) in [5.74, 6) is 1.01. The van der Waals surface area contributed by atoms with Gasteiger partial charge in [-0.15, -0.1) is 11.8 Å². The second-order valence-corrected chi connectivity index (χ2v) is 7.80. The average Bonchev–Trinajstić information content (AvgIpc) is 3.12. The second-order valence-electron chi connectivity index (χ2n) is 5.81. The van der Waals surface area contributed by atoms with E-state index in [0.717, 1.165) is 15.6 Å². The maximum Gasteiger partial charge on any atom is 0.321 e. The third kappa shape index (κ3) is 4.52. The quantitative estimate of drug-likeness (QED) is 0.675. The molecule has 0 spiro atoms. The van der Waals surface area contributed by atoms with E-state index in [9.17, 15) is 4.79 Å². The van der Waals surface area contributed by atoms with E-state index < -0.39 is 12.0 Å². The number of ether oxygens (including phenoxy) is 2. The molecule has 138 valence electrons. The number of halogens is 1. The van der Waals surface area contributed by atoms with Gasteiger partial charge in [-0.2, -0.15) is 0 Å². The van der Waals surface area contributed by atoms with E-state index in [4.69, 9.17) is 14.6 Å². The molecule has 0 saturated carbocycles. The lowest BCUT2D eigenvalue weighted by atomic mass is 10.2. The molecule has 1 aliphatic heterocycles. The Hall–Kier alpha value is -1.70. The third-order valence-electron chi connectivity index (χ3n) is 3.94. The molecule has 0 unspecified atom stereocenters. The Balaban J connectivity index is 1.80. The molecule has 2 N–H and O–H groups in total. The molecule has 0 aliphatic carbocycles. The number of nitrogens with one attached hydrogen (secondary N) is 1. The van der Waals surface area contributed by atoms with Gasteiger partial charge in [0.25, 0.3) is 0 Å². The SMILES string of the molecule is CCOc1cc([C@H]2N[C@H](C(=O)O)CS2)cc(Br)c1OCc1ccccc1. The first-order valence-corrected chi connectivity index (χ1v) is 10.2. The molecule has 0 amide bonds. The first-order valence-electron chi connectivity index (χ1n) is 8.32. The van der Waals surface area contributed by atoms with Crippen molar-refractivity contribution in [1.82, 2.24) is 5.32 Å². The van der Waals surface area contributed by atoms with Crippen molar-refractivity contribution in [2.45, 2.75) is 24.9 Å². The van der Waals surface area contributed by atoms with Crippen molar-refractivity contribution in [3.63, 3.8) is 0 Å². The monoisotopic (exact) mass is 437 g/mol. The zero-order valence-corrected chi connectivity index (χ0v) is 16.7. The summed E-state index contributed by atoms with van der Waals surface area (Å²) in [6, 6.07) is 13.3. The van der Waals surface area contributed by atoms with Gasteiger partial charge in [-0.3, -0.25) is 10.1 Å². The second kappa shape index (κ2) is 8.79. The number of benzene rings is 2. The summed E-state index contributed by atoms with van der Waals surface area (Å²) in [6.45, 7) is 2.88. The molecule has 0 bridgehead atoms. The summed E-state index contributed by atoms with van der Waals surface area (Å²) >= 11 is 5.15. The summed E-state index contributed by atoms with van der Waals surface area (Å²) in [4.78, 5) is 11.2. The van der Waals surface area contributed by atoms with E-state index in [1.807, 2.05) is 49.4 Å². The van der Waals surface area contributed by atoms with Crippen LogP contribution in [0, 0.1) is 0 Å². The maximum absolute atomic E-state index is 11.2. The van der Waals surface area contributed by atoms with Crippen LogP contribution >= 0.6 is 27.7 Å². The van der Waals surface area contributed by atoms with Gasteiger partial charge in [0.1, 0.15) is 12.6 Å². The minimum atomic E-state index is -0.827. The van der Waals surface area contributed by atoms with Crippen molar-refractivity contribution < 1.29 is 19.4 Å². The van der Waals surface area contributed by atoms with Crippen LogP contribution in [0.4, 0.5) is 0 Å². The fourth-order valence-corrected chi connectivity index (χ4v) is 4.47. The van der Waals surface area contributed by atoms with E-state index in [1.54, 1.807) is 11.8 Å². The van der Waals surface area contributed by atoms with Crippen LogP contribution in [0.1, 0.15) is 23.4 Å². The Bertz CT molecular complexity index is 772. The molecule has 1 heterocycles. The number of thioether (sulfide) groups is 1. The van der Waals surface area contributed by atoms with E-state index in [-0.39, 0.29) is 5.37 Å². The maximum atomic E-state index is 11.2. The number of carbonyl (C=O) groups is 1. The predicted molar refractivity (Wildman–Crippen MR) is 106 cm³/mol. The fraction of sp³-hybridized carbons (Fsp3) is 0.316. The van der Waals surface area contributed by atoms with Gasteiger partial charge in [0.15, 0.2) is 11.5 Å². The highest BCUT2D eigenvalue weighted by molar-refractivity contribution is 9.10. The van der Waals surface area contributed by atoms with Crippen LogP contribution in [0.25, 0.3) is 0 Å². The highest BCUT2D eigenvalue weighted by Gasteiger charge is 2.31. The molecule has 3 rings (SSSR count). The minimum Gasteiger partial charge on any atom is -0.490 e. The fourth-order valence-electron chi connectivity index (χ4n) is 2.68. The molecular weight excluding hydrogens is 418 g/mol. The molecule has 1 fully saturated rings. The molecule has 1 aliphatic rings. The van der Waals surface area contributed by atoms with Crippen LogP contribution in [0.5, 0.6) is 11.5 Å². The largest absolute Gasteiger partial charge is 0.490 e. The lowest BCUT2D eigenvalue weighted by Crippen LogP contribution is -2.33. The zero-order valence-electron chi connectivity index (χ0n) is 14.3. The standard InChI is InChI=1S/C19H20BrNO4S/c1-2-24-16-9-13(18-21-15(11-26-18)19(22)23)8-14(20)17(16)25-10-12-6-4-3-5-7-12/h3-9,15,18,21H,2,10-11H2,1H3,(H,22,23)/t15-,18-/m0/s1. The number of rotatable bonds is 7. The van der Waals surface area contributed by atoms with Gasteiger partial charge < -0.3 is 14.6 Å². The number of aliphatic carboxylic acids is 1. The molecule has 5 nitrogen and oxygen atoms in total. The van der Waals surface area contributed by atoms with Crippen LogP contribution in [0.3, 0.4) is 0 Å². The normalized spacial score (nSPS) is 19.3. The van der Waals surface area contributed by atoms with Gasteiger partial charge in [-0.25, -0.2) is 0 Å². The van der Waals surface area contributed by atoms with Gasteiger partial charge in [0.2, 0.25) is 0 Å². The van der Waals surface area contributed by atoms with Crippen LogP contribution < -0.4 is 14.8 Å². The van der Waals surface area contributed by atoms with Crippen molar-refractivity contribution in [2.24, 2.45) is 0 Å². The topological polar surface area (TPSA) is 67.8 Å². The van der Waals surface area contributed by atoms with Crippen LogP contribution in [-0.4, -0.2) is 29.5 Å². The van der Waals surface area contributed by atoms with Crippen molar-refractivity contribution in [2.75, 3.05) is 12.4 Å². The summed E-state index contributed by atoms with van der Waals surface area (Å²) in [7, 11) is 0. The smallest absolute Gasteiger partial charge is 0.321 e. The molecule has 7 heteroatoms. The summed E-state index contributed by atoms with van der Waals surface area (Å²) in [5, 5.41) is 12.2.